The van der Waals surface area contributed by atoms with Crippen molar-refractivity contribution in [2.45, 2.75) is 0 Å². The van der Waals surface area contributed by atoms with Crippen molar-refractivity contribution in [1.29, 1.82) is 0 Å². The zero-order valence-corrected chi connectivity index (χ0v) is 7.64. The summed E-state index contributed by atoms with van der Waals surface area (Å²) in [6, 6.07) is 1.52. The number of carbonyl (C=O) groups is 1. The lowest BCUT2D eigenvalue weighted by atomic mass is 10.4. The number of amides is 1. The molecule has 0 spiro atoms. The fourth-order valence-corrected chi connectivity index (χ4v) is 1.02. The zero-order valence-electron chi connectivity index (χ0n) is 7.64. The summed E-state index contributed by atoms with van der Waals surface area (Å²) >= 11 is 0. The maximum Gasteiger partial charge on any atom is 0.274 e. The SMILES string of the molecule is Nc1c[nH]c(C(=O)Nc2nccnn2)c1. The van der Waals surface area contributed by atoms with E-state index in [-0.39, 0.29) is 11.9 Å². The highest BCUT2D eigenvalue weighted by Gasteiger charge is 2.08. The van der Waals surface area contributed by atoms with Crippen LogP contribution in [0.5, 0.6) is 0 Å². The van der Waals surface area contributed by atoms with Gasteiger partial charge in [0.2, 0.25) is 5.95 Å². The highest BCUT2D eigenvalue weighted by Crippen LogP contribution is 2.06. The van der Waals surface area contributed by atoms with E-state index in [0.717, 1.165) is 0 Å². The molecule has 0 fully saturated rings. The quantitative estimate of drug-likeness (QED) is 0.639. The lowest BCUT2D eigenvalue weighted by Gasteiger charge is -1.98. The zero-order chi connectivity index (χ0) is 10.7. The van der Waals surface area contributed by atoms with Crippen LogP contribution < -0.4 is 11.1 Å². The summed E-state index contributed by atoms with van der Waals surface area (Å²) in [5.41, 5.74) is 6.29. The Morgan fingerprint density at radius 3 is 2.93 bits per heavy atom. The Balaban J connectivity index is 2.11. The van der Waals surface area contributed by atoms with Gasteiger partial charge < -0.3 is 10.7 Å². The fraction of sp³-hybridized carbons (Fsp3) is 0. The number of carbonyl (C=O) groups excluding carboxylic acids is 1. The Kier molecular flexibility index (Phi) is 2.28. The minimum Gasteiger partial charge on any atom is -0.397 e. The second-order valence-corrected chi connectivity index (χ2v) is 2.77. The lowest BCUT2D eigenvalue weighted by Crippen LogP contribution is -2.14. The number of rotatable bonds is 2. The molecule has 2 heterocycles. The Hall–Kier alpha value is -2.44. The predicted octanol–water partition coefficient (Wildman–Crippen LogP) is 0.0342. The number of nitrogens with zero attached hydrogens (tertiary/aromatic N) is 3. The molecule has 7 nitrogen and oxygen atoms in total. The molecule has 7 heteroatoms. The van der Waals surface area contributed by atoms with Gasteiger partial charge in [-0.05, 0) is 6.07 Å². The summed E-state index contributed by atoms with van der Waals surface area (Å²) in [6.45, 7) is 0. The third-order valence-electron chi connectivity index (χ3n) is 1.66. The number of aromatic nitrogens is 4. The molecule has 76 valence electrons. The highest BCUT2D eigenvalue weighted by molar-refractivity contribution is 6.02. The number of anilines is 2. The first-order valence-electron chi connectivity index (χ1n) is 4.14. The molecule has 2 rings (SSSR count). The number of nitrogen functional groups attached to an aromatic ring is 1. The molecule has 15 heavy (non-hydrogen) atoms. The lowest BCUT2D eigenvalue weighted by molar-refractivity contribution is 0.102. The van der Waals surface area contributed by atoms with Crippen molar-refractivity contribution in [2.24, 2.45) is 0 Å². The monoisotopic (exact) mass is 204 g/mol. The standard InChI is InChI=1S/C8H8N6O/c9-5-3-6(11-4-5)7(15)13-8-10-1-2-12-14-8/h1-4,11H,9H2,(H,10,13,14,15). The van der Waals surface area contributed by atoms with Crippen molar-refractivity contribution >= 4 is 17.5 Å². The first-order chi connectivity index (χ1) is 7.25. The van der Waals surface area contributed by atoms with Gasteiger partial charge in [-0.1, -0.05) is 0 Å². The third-order valence-corrected chi connectivity index (χ3v) is 1.66. The molecule has 0 aliphatic carbocycles. The van der Waals surface area contributed by atoms with Crippen LogP contribution in [0.2, 0.25) is 0 Å². The van der Waals surface area contributed by atoms with Crippen LogP contribution in [0.4, 0.5) is 11.6 Å². The summed E-state index contributed by atoms with van der Waals surface area (Å²) in [4.78, 5) is 18.0. The van der Waals surface area contributed by atoms with Crippen LogP contribution in [-0.2, 0) is 0 Å². The number of nitrogens with one attached hydrogen (secondary N) is 2. The summed E-state index contributed by atoms with van der Waals surface area (Å²) in [5.74, 6) is -0.213. The maximum atomic E-state index is 11.5. The van der Waals surface area contributed by atoms with E-state index in [4.69, 9.17) is 5.73 Å². The fourth-order valence-electron chi connectivity index (χ4n) is 1.02. The molecule has 0 saturated heterocycles. The topological polar surface area (TPSA) is 110 Å². The van der Waals surface area contributed by atoms with E-state index in [2.05, 4.69) is 25.5 Å². The van der Waals surface area contributed by atoms with Crippen LogP contribution in [0.25, 0.3) is 0 Å². The predicted molar refractivity (Wildman–Crippen MR) is 53.0 cm³/mol. The van der Waals surface area contributed by atoms with Gasteiger partial charge in [0.05, 0.1) is 12.4 Å². The van der Waals surface area contributed by atoms with Gasteiger partial charge in [-0.25, -0.2) is 4.98 Å². The van der Waals surface area contributed by atoms with Crippen LogP contribution >= 0.6 is 0 Å². The molecule has 1 amide bonds. The van der Waals surface area contributed by atoms with Crippen molar-refractivity contribution in [3.63, 3.8) is 0 Å². The van der Waals surface area contributed by atoms with Crippen LogP contribution in [0, 0.1) is 0 Å². The molecule has 0 aliphatic rings. The average molecular weight is 204 g/mol. The van der Waals surface area contributed by atoms with E-state index in [0.29, 0.717) is 11.4 Å². The number of hydrogen-bond donors (Lipinski definition) is 3. The second kappa shape index (κ2) is 3.74. The van der Waals surface area contributed by atoms with E-state index >= 15 is 0 Å². The molecule has 2 aromatic heterocycles. The Bertz CT molecular complexity index is 465. The summed E-state index contributed by atoms with van der Waals surface area (Å²) < 4.78 is 0. The molecule has 0 bridgehead atoms. The first kappa shape index (κ1) is 9.13. The molecular weight excluding hydrogens is 196 g/mol. The Morgan fingerprint density at radius 1 is 1.47 bits per heavy atom. The highest BCUT2D eigenvalue weighted by atomic mass is 16.2. The minimum absolute atomic E-state index is 0.149. The molecule has 0 radical (unpaired) electrons. The molecule has 0 atom stereocenters. The average Bonchev–Trinajstić information content (AvgIpc) is 2.66. The number of hydrogen-bond acceptors (Lipinski definition) is 5. The Morgan fingerprint density at radius 2 is 2.33 bits per heavy atom. The molecule has 0 saturated carbocycles. The van der Waals surface area contributed by atoms with Gasteiger partial charge in [0.25, 0.3) is 5.91 Å². The van der Waals surface area contributed by atoms with Crippen LogP contribution in [-0.4, -0.2) is 26.1 Å². The van der Waals surface area contributed by atoms with Gasteiger partial charge in [-0.3, -0.25) is 10.1 Å². The number of aromatic amines is 1. The molecule has 0 aromatic carbocycles. The largest absolute Gasteiger partial charge is 0.397 e. The van der Waals surface area contributed by atoms with Gasteiger partial charge in [0.1, 0.15) is 5.69 Å². The van der Waals surface area contributed by atoms with Crippen LogP contribution in [0.1, 0.15) is 10.5 Å². The number of H-pyrrole nitrogens is 1. The first-order valence-corrected chi connectivity index (χ1v) is 4.14. The van der Waals surface area contributed by atoms with Crippen molar-refractivity contribution in [1.82, 2.24) is 20.2 Å². The summed E-state index contributed by atoms with van der Waals surface area (Å²) in [7, 11) is 0. The van der Waals surface area contributed by atoms with Gasteiger partial charge >= 0.3 is 0 Å². The van der Waals surface area contributed by atoms with Crippen molar-refractivity contribution in [3.8, 4) is 0 Å². The van der Waals surface area contributed by atoms with Crippen molar-refractivity contribution in [3.05, 3.63) is 30.4 Å². The summed E-state index contributed by atoms with van der Waals surface area (Å²) in [6.07, 6.45) is 4.38. The van der Waals surface area contributed by atoms with Gasteiger partial charge in [0.15, 0.2) is 0 Å². The third kappa shape index (κ3) is 2.08. The summed E-state index contributed by atoms with van der Waals surface area (Å²) in [5, 5.41) is 9.65. The van der Waals surface area contributed by atoms with E-state index in [1.807, 2.05) is 0 Å². The van der Waals surface area contributed by atoms with E-state index in [1.54, 1.807) is 0 Å². The van der Waals surface area contributed by atoms with Crippen molar-refractivity contribution < 1.29 is 4.79 Å². The number of nitrogens with two attached hydrogens (primary N) is 1. The molecule has 0 aliphatic heterocycles. The molecular formula is C8H8N6O. The normalized spacial score (nSPS) is 9.87. The van der Waals surface area contributed by atoms with Gasteiger partial charge in [0, 0.05) is 11.9 Å². The van der Waals surface area contributed by atoms with E-state index in [1.165, 1.54) is 24.7 Å². The van der Waals surface area contributed by atoms with Crippen LogP contribution in [0.3, 0.4) is 0 Å². The van der Waals surface area contributed by atoms with E-state index in [9.17, 15) is 4.79 Å². The van der Waals surface area contributed by atoms with Gasteiger partial charge in [-0.15, -0.1) is 5.10 Å². The second-order valence-electron chi connectivity index (χ2n) is 2.77. The maximum absolute atomic E-state index is 11.5. The van der Waals surface area contributed by atoms with E-state index < -0.39 is 0 Å². The minimum atomic E-state index is -0.361. The Labute approximate surface area is 84.7 Å². The molecule has 4 N–H and O–H groups in total. The van der Waals surface area contributed by atoms with Crippen LogP contribution in [0.15, 0.2) is 24.7 Å². The van der Waals surface area contributed by atoms with Gasteiger partial charge in [-0.2, -0.15) is 5.10 Å². The molecule has 0 unspecified atom stereocenters. The van der Waals surface area contributed by atoms with Crippen molar-refractivity contribution in [2.75, 3.05) is 11.1 Å². The molecule has 2 aromatic rings. The smallest absolute Gasteiger partial charge is 0.274 e.